The second-order valence-electron chi connectivity index (χ2n) is 7.71. The number of nitrogens with zero attached hydrogens (tertiary/aromatic N) is 4. The van der Waals surface area contributed by atoms with Crippen molar-refractivity contribution in [1.82, 2.24) is 24.7 Å². The molecule has 1 unspecified atom stereocenters. The maximum Gasteiger partial charge on any atom is 0.271 e. The Morgan fingerprint density at radius 3 is 2.81 bits per heavy atom. The highest BCUT2D eigenvalue weighted by molar-refractivity contribution is 5.93. The van der Waals surface area contributed by atoms with Crippen molar-refractivity contribution in [2.75, 3.05) is 45.9 Å². The second kappa shape index (κ2) is 8.39. The molecule has 2 fully saturated rings. The molecule has 0 aromatic carbocycles. The average Bonchev–Trinajstić information content (AvgIpc) is 3.41. The number of aryl methyl sites for hydroxylation is 1. The molecule has 0 radical (unpaired) electrons. The van der Waals surface area contributed by atoms with Gasteiger partial charge in [-0.25, -0.2) is 4.98 Å². The second-order valence-corrected chi connectivity index (χ2v) is 7.71. The van der Waals surface area contributed by atoms with Crippen LogP contribution in [0.4, 0.5) is 0 Å². The molecule has 0 saturated carbocycles. The SMILES string of the molecule is O=C(NCCN1CCCC1)c1ncn2c1CN(C(=O)C1CCOC1)CCC2. The van der Waals surface area contributed by atoms with E-state index in [4.69, 9.17) is 4.74 Å². The van der Waals surface area contributed by atoms with Gasteiger partial charge in [0.05, 0.1) is 31.1 Å². The number of hydrogen-bond donors (Lipinski definition) is 1. The summed E-state index contributed by atoms with van der Waals surface area (Å²) in [7, 11) is 0. The van der Waals surface area contributed by atoms with E-state index < -0.39 is 0 Å². The average molecular weight is 375 g/mol. The molecule has 0 spiro atoms. The van der Waals surface area contributed by atoms with Gasteiger partial charge >= 0.3 is 0 Å². The normalized spacial score (nSPS) is 23.3. The molecule has 4 rings (SSSR count). The predicted octanol–water partition coefficient (Wildman–Crippen LogP) is 0.478. The number of imidazole rings is 1. The van der Waals surface area contributed by atoms with Crippen molar-refractivity contribution in [1.29, 1.82) is 0 Å². The quantitative estimate of drug-likeness (QED) is 0.810. The van der Waals surface area contributed by atoms with E-state index in [1.165, 1.54) is 12.8 Å². The third kappa shape index (κ3) is 4.16. The summed E-state index contributed by atoms with van der Waals surface area (Å²) in [5.41, 5.74) is 1.30. The van der Waals surface area contributed by atoms with Crippen LogP contribution in [0.25, 0.3) is 0 Å². The van der Waals surface area contributed by atoms with E-state index in [0.717, 1.165) is 44.7 Å². The highest BCUT2D eigenvalue weighted by atomic mass is 16.5. The van der Waals surface area contributed by atoms with Crippen molar-refractivity contribution in [3.05, 3.63) is 17.7 Å². The molecule has 3 aliphatic heterocycles. The molecule has 2 amide bonds. The molecule has 1 aromatic heterocycles. The van der Waals surface area contributed by atoms with Crippen molar-refractivity contribution < 1.29 is 14.3 Å². The number of ether oxygens (including phenoxy) is 1. The van der Waals surface area contributed by atoms with Crippen LogP contribution in [0.5, 0.6) is 0 Å². The van der Waals surface area contributed by atoms with Crippen LogP contribution in [0.15, 0.2) is 6.33 Å². The predicted molar refractivity (Wildman–Crippen MR) is 99.2 cm³/mol. The van der Waals surface area contributed by atoms with Crippen molar-refractivity contribution in [2.24, 2.45) is 5.92 Å². The maximum atomic E-state index is 12.8. The fourth-order valence-electron chi connectivity index (χ4n) is 4.24. The van der Waals surface area contributed by atoms with Crippen LogP contribution in [-0.2, 0) is 22.6 Å². The summed E-state index contributed by atoms with van der Waals surface area (Å²) in [5, 5.41) is 3.00. The molecule has 0 aliphatic carbocycles. The number of nitrogens with one attached hydrogen (secondary N) is 1. The number of likely N-dealkylation sites (tertiary alicyclic amines) is 1. The van der Waals surface area contributed by atoms with E-state index >= 15 is 0 Å². The standard InChI is InChI=1S/C19H29N5O3/c25-18(20-5-10-22-6-1-2-7-22)17-16-12-23(8-3-9-24(16)14-21-17)19(26)15-4-11-27-13-15/h14-15H,1-13H2,(H,20,25). The molecule has 1 N–H and O–H groups in total. The summed E-state index contributed by atoms with van der Waals surface area (Å²) in [6.45, 7) is 6.88. The third-order valence-corrected chi connectivity index (χ3v) is 5.83. The number of carbonyl (C=O) groups is 2. The lowest BCUT2D eigenvalue weighted by Crippen LogP contribution is -2.37. The molecule has 2 saturated heterocycles. The Hall–Kier alpha value is -1.93. The zero-order valence-electron chi connectivity index (χ0n) is 15.9. The van der Waals surface area contributed by atoms with Gasteiger partial charge in [-0.05, 0) is 38.8 Å². The molecule has 8 nitrogen and oxygen atoms in total. The van der Waals surface area contributed by atoms with Crippen molar-refractivity contribution in [3.63, 3.8) is 0 Å². The summed E-state index contributed by atoms with van der Waals surface area (Å²) in [4.78, 5) is 34.1. The minimum Gasteiger partial charge on any atom is -0.381 e. The van der Waals surface area contributed by atoms with Gasteiger partial charge in [0.2, 0.25) is 5.91 Å². The number of carbonyl (C=O) groups excluding carboxylic acids is 2. The lowest BCUT2D eigenvalue weighted by molar-refractivity contribution is -0.136. The smallest absolute Gasteiger partial charge is 0.271 e. The molecular formula is C19H29N5O3. The van der Waals surface area contributed by atoms with Gasteiger partial charge in [0.25, 0.3) is 5.91 Å². The summed E-state index contributed by atoms with van der Waals surface area (Å²) >= 11 is 0. The monoisotopic (exact) mass is 375 g/mol. The van der Waals surface area contributed by atoms with Gasteiger partial charge in [-0.1, -0.05) is 0 Å². The minimum atomic E-state index is -0.138. The Balaban J connectivity index is 1.39. The first-order chi connectivity index (χ1) is 13.2. The first-order valence-electron chi connectivity index (χ1n) is 10.1. The molecule has 27 heavy (non-hydrogen) atoms. The van der Waals surface area contributed by atoms with Crippen LogP contribution in [0.3, 0.4) is 0 Å². The van der Waals surface area contributed by atoms with Gasteiger partial charge in [-0.2, -0.15) is 0 Å². The Kier molecular flexibility index (Phi) is 5.73. The molecule has 1 aromatic rings. The van der Waals surface area contributed by atoms with Gasteiger partial charge in [0.1, 0.15) is 0 Å². The zero-order valence-corrected chi connectivity index (χ0v) is 15.9. The zero-order chi connectivity index (χ0) is 18.6. The van der Waals surface area contributed by atoms with E-state index in [2.05, 4.69) is 15.2 Å². The van der Waals surface area contributed by atoms with Gasteiger partial charge in [0, 0.05) is 32.8 Å². The van der Waals surface area contributed by atoms with Gasteiger partial charge in [-0.3, -0.25) is 9.59 Å². The topological polar surface area (TPSA) is 79.7 Å². The molecule has 8 heteroatoms. The summed E-state index contributed by atoms with van der Waals surface area (Å²) < 4.78 is 7.39. The Bertz CT molecular complexity index is 677. The fraction of sp³-hybridized carbons (Fsp3) is 0.737. The van der Waals surface area contributed by atoms with Gasteiger partial charge in [0.15, 0.2) is 5.69 Å². The largest absolute Gasteiger partial charge is 0.381 e. The van der Waals surface area contributed by atoms with E-state index in [1.54, 1.807) is 6.33 Å². The van der Waals surface area contributed by atoms with Crippen LogP contribution in [0.2, 0.25) is 0 Å². The van der Waals surface area contributed by atoms with E-state index in [0.29, 0.717) is 38.5 Å². The fourth-order valence-corrected chi connectivity index (χ4v) is 4.24. The summed E-state index contributed by atoms with van der Waals surface area (Å²) in [5.74, 6) is -0.0406. The van der Waals surface area contributed by atoms with Gasteiger partial charge < -0.3 is 24.4 Å². The first-order valence-corrected chi connectivity index (χ1v) is 10.1. The summed E-state index contributed by atoms with van der Waals surface area (Å²) in [6, 6.07) is 0. The maximum absolute atomic E-state index is 12.8. The lowest BCUT2D eigenvalue weighted by Gasteiger charge is -2.23. The highest BCUT2D eigenvalue weighted by Gasteiger charge is 2.31. The number of aromatic nitrogens is 2. The van der Waals surface area contributed by atoms with Crippen LogP contribution in [0.1, 0.15) is 41.9 Å². The molecular weight excluding hydrogens is 346 g/mol. The number of fused-ring (bicyclic) bond motifs is 1. The van der Waals surface area contributed by atoms with Crippen LogP contribution >= 0.6 is 0 Å². The van der Waals surface area contributed by atoms with E-state index in [9.17, 15) is 9.59 Å². The van der Waals surface area contributed by atoms with Crippen molar-refractivity contribution in [3.8, 4) is 0 Å². The first kappa shape index (κ1) is 18.4. The van der Waals surface area contributed by atoms with Crippen LogP contribution in [0, 0.1) is 5.92 Å². The third-order valence-electron chi connectivity index (χ3n) is 5.83. The van der Waals surface area contributed by atoms with Crippen LogP contribution in [-0.4, -0.2) is 77.1 Å². The number of hydrogen-bond acceptors (Lipinski definition) is 5. The Labute approximate surface area is 159 Å². The Morgan fingerprint density at radius 1 is 1.19 bits per heavy atom. The molecule has 0 bridgehead atoms. The number of rotatable bonds is 5. The van der Waals surface area contributed by atoms with E-state index in [-0.39, 0.29) is 17.7 Å². The molecule has 148 valence electrons. The molecule has 4 heterocycles. The minimum absolute atomic E-state index is 0.0443. The van der Waals surface area contributed by atoms with Crippen LogP contribution < -0.4 is 5.32 Å². The molecule has 3 aliphatic rings. The Morgan fingerprint density at radius 2 is 2.04 bits per heavy atom. The van der Waals surface area contributed by atoms with Crippen molar-refractivity contribution >= 4 is 11.8 Å². The highest BCUT2D eigenvalue weighted by Crippen LogP contribution is 2.21. The van der Waals surface area contributed by atoms with Gasteiger partial charge in [-0.15, -0.1) is 0 Å². The molecule has 1 atom stereocenters. The lowest BCUT2D eigenvalue weighted by atomic mass is 10.1. The van der Waals surface area contributed by atoms with E-state index in [1.807, 2.05) is 9.47 Å². The van der Waals surface area contributed by atoms with Crippen molar-refractivity contribution in [2.45, 2.75) is 38.8 Å². The number of amides is 2. The summed E-state index contributed by atoms with van der Waals surface area (Å²) in [6.07, 6.45) is 5.89.